The van der Waals surface area contributed by atoms with E-state index in [4.69, 9.17) is 0 Å². The highest BCUT2D eigenvalue weighted by atomic mass is 32.1. The number of hydrogen-bond donors (Lipinski definition) is 0. The minimum Gasteiger partial charge on any atom is -0.311 e. The second-order valence-electron chi connectivity index (χ2n) is 8.59. The second kappa shape index (κ2) is 8.48. The highest BCUT2D eigenvalue weighted by Gasteiger charge is 2.24. The van der Waals surface area contributed by atoms with E-state index in [1.807, 2.05) is 56.3 Å². The van der Waals surface area contributed by atoms with Gasteiger partial charge in [0.2, 0.25) is 5.91 Å². The Morgan fingerprint density at radius 3 is 2.64 bits per heavy atom. The van der Waals surface area contributed by atoms with Crippen molar-refractivity contribution in [2.24, 2.45) is 0 Å². The Morgan fingerprint density at radius 1 is 1.00 bits per heavy atom. The largest absolute Gasteiger partial charge is 0.332 e. The zero-order chi connectivity index (χ0) is 23.1. The number of hydrogen-bond acceptors (Lipinski definition) is 4. The van der Waals surface area contributed by atoms with Crippen LogP contribution in [0, 0.1) is 13.8 Å². The molecule has 0 atom stereocenters. The molecule has 0 fully saturated rings. The number of aromatic nitrogens is 2. The van der Waals surface area contributed by atoms with Crippen molar-refractivity contribution in [1.82, 2.24) is 9.13 Å². The van der Waals surface area contributed by atoms with Crippen LogP contribution in [0.4, 0.5) is 5.69 Å². The summed E-state index contributed by atoms with van der Waals surface area (Å²) in [5.74, 6) is -0.145. The predicted octanol–water partition coefficient (Wildman–Crippen LogP) is 3.87. The van der Waals surface area contributed by atoms with E-state index in [1.54, 1.807) is 16.3 Å². The first-order valence-corrected chi connectivity index (χ1v) is 12.0. The van der Waals surface area contributed by atoms with E-state index in [0.29, 0.717) is 16.8 Å². The first-order valence-electron chi connectivity index (χ1n) is 11.1. The van der Waals surface area contributed by atoms with E-state index < -0.39 is 5.69 Å². The summed E-state index contributed by atoms with van der Waals surface area (Å²) in [5, 5.41) is 1.79. The molecule has 1 amide bonds. The second-order valence-corrected chi connectivity index (χ2v) is 9.51. The molecule has 0 unspecified atom stereocenters. The van der Waals surface area contributed by atoms with Gasteiger partial charge in [-0.1, -0.05) is 36.4 Å². The van der Waals surface area contributed by atoms with Crippen molar-refractivity contribution < 1.29 is 4.79 Å². The Balaban J connectivity index is 1.56. The number of nitrogens with zero attached hydrogens (tertiary/aromatic N) is 3. The highest BCUT2D eigenvalue weighted by molar-refractivity contribution is 7.17. The number of aryl methyl sites for hydroxylation is 3. The van der Waals surface area contributed by atoms with Crippen molar-refractivity contribution >= 4 is 33.1 Å². The smallest absolute Gasteiger partial charge is 0.311 e. The number of carbonyl (C=O) groups is 1. The molecule has 0 saturated heterocycles. The van der Waals surface area contributed by atoms with E-state index in [0.717, 1.165) is 40.8 Å². The zero-order valence-electron chi connectivity index (χ0n) is 18.7. The van der Waals surface area contributed by atoms with Crippen LogP contribution < -0.4 is 16.1 Å². The molecule has 1 aliphatic rings. The minimum atomic E-state index is -0.456. The van der Waals surface area contributed by atoms with Gasteiger partial charge in [0.05, 0.1) is 12.1 Å². The molecule has 4 aromatic rings. The van der Waals surface area contributed by atoms with E-state index in [1.165, 1.54) is 20.5 Å². The number of rotatable bonds is 4. The maximum Gasteiger partial charge on any atom is 0.332 e. The summed E-state index contributed by atoms with van der Waals surface area (Å²) in [6.07, 6.45) is 1.83. The number of carbonyl (C=O) groups excluding carboxylic acids is 1. The molecule has 5 rings (SSSR count). The molecule has 2 aromatic heterocycles. The van der Waals surface area contributed by atoms with Crippen molar-refractivity contribution in [2.45, 2.75) is 39.8 Å². The van der Waals surface area contributed by atoms with E-state index in [-0.39, 0.29) is 24.6 Å². The average Bonchev–Trinajstić information content (AvgIpc) is 3.31. The third-order valence-corrected chi connectivity index (χ3v) is 7.34. The first-order chi connectivity index (χ1) is 15.9. The number of anilines is 1. The van der Waals surface area contributed by atoms with Gasteiger partial charge in [-0.3, -0.25) is 18.7 Å². The third kappa shape index (κ3) is 3.82. The van der Waals surface area contributed by atoms with Crippen molar-refractivity contribution in [3.8, 4) is 0 Å². The molecule has 0 spiro atoms. The Hall–Kier alpha value is -3.45. The summed E-state index contributed by atoms with van der Waals surface area (Å²) in [5.41, 5.74) is 4.96. The van der Waals surface area contributed by atoms with Gasteiger partial charge in [-0.25, -0.2) is 4.79 Å². The fourth-order valence-corrected chi connectivity index (χ4v) is 5.37. The van der Waals surface area contributed by atoms with Gasteiger partial charge in [-0.15, -0.1) is 11.3 Å². The van der Waals surface area contributed by atoms with Gasteiger partial charge in [0.1, 0.15) is 11.2 Å². The van der Waals surface area contributed by atoms with Crippen LogP contribution in [0.15, 0.2) is 63.5 Å². The summed E-state index contributed by atoms with van der Waals surface area (Å²) in [6.45, 7) is 4.73. The normalized spacial score (nSPS) is 13.3. The number of thiophene rings is 1. The predicted molar refractivity (Wildman–Crippen MR) is 132 cm³/mol. The standard InChI is InChI=1S/C26H25N3O3S/c1-17-9-10-19(14-18(17)2)15-29-25(31)24-22(11-13-33-24)28(26(29)32)16-23(30)27-12-5-7-20-6-3-4-8-21(20)27/h3-4,6,8-11,13-14H,5,7,12,15-16H2,1-2H3. The fourth-order valence-electron chi connectivity index (χ4n) is 4.52. The molecule has 33 heavy (non-hydrogen) atoms. The molecule has 0 saturated carbocycles. The molecule has 7 heteroatoms. The van der Waals surface area contributed by atoms with Crippen LogP contribution >= 0.6 is 11.3 Å². The van der Waals surface area contributed by atoms with Gasteiger partial charge in [-0.2, -0.15) is 0 Å². The lowest BCUT2D eigenvalue weighted by atomic mass is 10.0. The summed E-state index contributed by atoms with van der Waals surface area (Å²) in [6, 6.07) is 15.6. The average molecular weight is 460 g/mol. The summed E-state index contributed by atoms with van der Waals surface area (Å²) in [7, 11) is 0. The Labute approximate surface area is 195 Å². The maximum atomic E-state index is 13.5. The SMILES string of the molecule is Cc1ccc(Cn2c(=O)c3sccc3n(CC(=O)N3CCCc4ccccc43)c2=O)cc1C. The van der Waals surface area contributed by atoms with Crippen LogP contribution in [-0.4, -0.2) is 21.6 Å². The molecule has 168 valence electrons. The summed E-state index contributed by atoms with van der Waals surface area (Å²) >= 11 is 1.30. The summed E-state index contributed by atoms with van der Waals surface area (Å²) in [4.78, 5) is 41.7. The van der Waals surface area contributed by atoms with Crippen LogP contribution in [0.1, 0.15) is 28.7 Å². The van der Waals surface area contributed by atoms with Gasteiger partial charge >= 0.3 is 5.69 Å². The third-order valence-electron chi connectivity index (χ3n) is 6.45. The Morgan fingerprint density at radius 2 is 1.82 bits per heavy atom. The topological polar surface area (TPSA) is 64.3 Å². The fraction of sp³-hybridized carbons (Fsp3) is 0.269. The lowest BCUT2D eigenvalue weighted by molar-refractivity contribution is -0.119. The molecule has 1 aliphatic heterocycles. The number of fused-ring (bicyclic) bond motifs is 2. The molecule has 0 N–H and O–H groups in total. The Bertz CT molecular complexity index is 1490. The lowest BCUT2D eigenvalue weighted by Gasteiger charge is -2.29. The molecule has 3 heterocycles. The van der Waals surface area contributed by atoms with Crippen molar-refractivity contribution in [3.05, 3.63) is 97.0 Å². The highest BCUT2D eigenvalue weighted by Crippen LogP contribution is 2.27. The summed E-state index contributed by atoms with van der Waals surface area (Å²) < 4.78 is 3.19. The minimum absolute atomic E-state index is 0.104. The zero-order valence-corrected chi connectivity index (χ0v) is 19.5. The molecular formula is C26H25N3O3S. The van der Waals surface area contributed by atoms with Crippen LogP contribution in [0.25, 0.3) is 10.2 Å². The molecule has 0 radical (unpaired) electrons. The van der Waals surface area contributed by atoms with E-state index in [2.05, 4.69) is 0 Å². The van der Waals surface area contributed by atoms with Gasteiger partial charge in [0.15, 0.2) is 0 Å². The van der Waals surface area contributed by atoms with Crippen LogP contribution in [-0.2, 0) is 24.3 Å². The van der Waals surface area contributed by atoms with E-state index >= 15 is 0 Å². The Kier molecular flexibility index (Phi) is 5.50. The molecule has 2 aromatic carbocycles. The molecular weight excluding hydrogens is 434 g/mol. The quantitative estimate of drug-likeness (QED) is 0.465. The van der Waals surface area contributed by atoms with Gasteiger partial charge in [-0.05, 0) is 66.5 Å². The number of para-hydroxylation sites is 1. The van der Waals surface area contributed by atoms with Crippen molar-refractivity contribution in [3.63, 3.8) is 0 Å². The molecule has 0 aliphatic carbocycles. The molecule has 6 nitrogen and oxygen atoms in total. The van der Waals surface area contributed by atoms with Crippen LogP contribution in [0.2, 0.25) is 0 Å². The van der Waals surface area contributed by atoms with Gasteiger partial charge < -0.3 is 4.90 Å². The number of amides is 1. The van der Waals surface area contributed by atoms with Crippen LogP contribution in [0.3, 0.4) is 0 Å². The van der Waals surface area contributed by atoms with E-state index in [9.17, 15) is 14.4 Å². The van der Waals surface area contributed by atoms with Crippen LogP contribution in [0.5, 0.6) is 0 Å². The molecule has 0 bridgehead atoms. The maximum absolute atomic E-state index is 13.5. The first kappa shape index (κ1) is 21.4. The van der Waals surface area contributed by atoms with Gasteiger partial charge in [0.25, 0.3) is 5.56 Å². The van der Waals surface area contributed by atoms with Crippen molar-refractivity contribution in [2.75, 3.05) is 11.4 Å². The van der Waals surface area contributed by atoms with Gasteiger partial charge in [0, 0.05) is 12.2 Å². The monoisotopic (exact) mass is 459 g/mol. The number of benzene rings is 2. The van der Waals surface area contributed by atoms with Crippen molar-refractivity contribution in [1.29, 1.82) is 0 Å². The lowest BCUT2D eigenvalue weighted by Crippen LogP contribution is -2.44.